The van der Waals surface area contributed by atoms with Crippen molar-refractivity contribution in [3.05, 3.63) is 58.5 Å². The fourth-order valence-electron chi connectivity index (χ4n) is 5.91. The number of ether oxygens (including phenoxy) is 2. The number of rotatable bonds is 12. The highest BCUT2D eigenvalue weighted by Crippen LogP contribution is 2.40. The van der Waals surface area contributed by atoms with Gasteiger partial charge in [0.25, 0.3) is 5.92 Å². The van der Waals surface area contributed by atoms with E-state index in [-0.39, 0.29) is 38.1 Å². The first-order valence-corrected chi connectivity index (χ1v) is 14.2. The maximum atomic E-state index is 15.3. The van der Waals surface area contributed by atoms with Gasteiger partial charge >= 0.3 is 5.97 Å². The maximum absolute atomic E-state index is 15.3. The molecule has 5 rings (SSSR count). The number of anilines is 1. The highest BCUT2D eigenvalue weighted by Gasteiger charge is 2.46. The van der Waals surface area contributed by atoms with Crippen molar-refractivity contribution in [2.45, 2.75) is 76.0 Å². The number of carbonyl (C=O) groups is 1. The molecule has 1 unspecified atom stereocenters. The van der Waals surface area contributed by atoms with Gasteiger partial charge in [-0.3, -0.25) is 9.69 Å². The molecule has 0 aliphatic carbocycles. The van der Waals surface area contributed by atoms with E-state index in [4.69, 9.17) is 9.47 Å². The lowest BCUT2D eigenvalue weighted by Crippen LogP contribution is -2.49. The van der Waals surface area contributed by atoms with Crippen LogP contribution in [0.2, 0.25) is 0 Å². The lowest BCUT2D eigenvalue weighted by atomic mass is 9.94. The summed E-state index contributed by atoms with van der Waals surface area (Å²) in [7, 11) is 0. The first kappa shape index (κ1) is 28.8. The average molecular weight is 562 g/mol. The van der Waals surface area contributed by atoms with E-state index in [9.17, 15) is 14.3 Å². The van der Waals surface area contributed by atoms with Crippen LogP contribution in [0.1, 0.15) is 67.5 Å². The van der Waals surface area contributed by atoms with E-state index >= 15 is 8.78 Å². The molecular weight excluding hydrogens is 523 g/mol. The van der Waals surface area contributed by atoms with Gasteiger partial charge in [-0.25, -0.2) is 18.2 Å². The van der Waals surface area contributed by atoms with Crippen molar-refractivity contribution in [3.63, 3.8) is 0 Å². The van der Waals surface area contributed by atoms with Crippen LogP contribution in [0.15, 0.2) is 30.3 Å². The third-order valence-electron chi connectivity index (χ3n) is 8.35. The van der Waals surface area contributed by atoms with Crippen LogP contribution in [0.5, 0.6) is 0 Å². The molecule has 10 heteroatoms. The zero-order valence-electron chi connectivity index (χ0n) is 22.9. The fraction of sp³-hybridized carbons (Fsp3) is 0.600. The normalized spacial score (nSPS) is 21.4. The first-order valence-electron chi connectivity index (χ1n) is 14.2. The zero-order valence-corrected chi connectivity index (χ0v) is 22.9. The minimum Gasteiger partial charge on any atom is -0.480 e. The molecule has 1 aromatic carbocycles. The van der Waals surface area contributed by atoms with E-state index < -0.39 is 35.3 Å². The molecule has 3 aliphatic heterocycles. The molecule has 2 N–H and O–H groups in total. The highest BCUT2D eigenvalue weighted by molar-refractivity contribution is 5.76. The number of hydrogen-bond acceptors (Lipinski definition) is 6. The SMILES string of the molecule is CC1(OCc2ccc(F)cc2[C@@H](C(=O)O)N2CCC(C(F)(F)CCCCc3ccc4c(n3)NCCC4)C2)COC1. The van der Waals surface area contributed by atoms with Crippen LogP contribution in [-0.4, -0.2) is 65.3 Å². The summed E-state index contributed by atoms with van der Waals surface area (Å²) < 4.78 is 55.9. The molecule has 4 heterocycles. The number of aliphatic carboxylic acids is 1. The van der Waals surface area contributed by atoms with Crippen molar-refractivity contribution in [1.29, 1.82) is 0 Å². The molecule has 1 aromatic heterocycles. The highest BCUT2D eigenvalue weighted by atomic mass is 19.3. The molecule has 0 amide bonds. The number of unbranched alkanes of at least 4 members (excludes halogenated alkanes) is 1. The quantitative estimate of drug-likeness (QED) is 0.337. The summed E-state index contributed by atoms with van der Waals surface area (Å²) in [6, 6.07) is 6.78. The summed E-state index contributed by atoms with van der Waals surface area (Å²) >= 11 is 0. The van der Waals surface area contributed by atoms with Crippen LogP contribution in [0, 0.1) is 11.7 Å². The number of benzene rings is 1. The van der Waals surface area contributed by atoms with E-state index in [1.807, 2.05) is 13.0 Å². The van der Waals surface area contributed by atoms with Gasteiger partial charge in [-0.15, -0.1) is 0 Å². The minimum atomic E-state index is -2.92. The van der Waals surface area contributed by atoms with Crippen LogP contribution in [-0.2, 0) is 33.7 Å². The van der Waals surface area contributed by atoms with Gasteiger partial charge in [0.2, 0.25) is 0 Å². The van der Waals surface area contributed by atoms with Gasteiger partial charge < -0.3 is 19.9 Å². The zero-order chi connectivity index (χ0) is 28.3. The number of aromatic nitrogens is 1. The third kappa shape index (κ3) is 6.61. The molecule has 218 valence electrons. The Labute approximate surface area is 233 Å². The molecule has 0 spiro atoms. The number of carboxylic acids is 1. The van der Waals surface area contributed by atoms with Gasteiger partial charge in [0, 0.05) is 31.1 Å². The maximum Gasteiger partial charge on any atom is 0.325 e. The average Bonchev–Trinajstić information content (AvgIpc) is 3.40. The van der Waals surface area contributed by atoms with Crippen molar-refractivity contribution in [1.82, 2.24) is 9.88 Å². The predicted octanol–water partition coefficient (Wildman–Crippen LogP) is 5.38. The fourth-order valence-corrected chi connectivity index (χ4v) is 5.91. The summed E-state index contributed by atoms with van der Waals surface area (Å²) in [5, 5.41) is 13.4. The predicted molar refractivity (Wildman–Crippen MR) is 144 cm³/mol. The largest absolute Gasteiger partial charge is 0.480 e. The number of likely N-dealkylation sites (tertiary alicyclic amines) is 1. The monoisotopic (exact) mass is 561 g/mol. The second-order valence-electron chi connectivity index (χ2n) is 11.6. The number of pyridine rings is 1. The number of carboxylic acid groups (broad SMARTS) is 1. The molecule has 2 atom stereocenters. The number of alkyl halides is 2. The third-order valence-corrected chi connectivity index (χ3v) is 8.35. The summed E-state index contributed by atoms with van der Waals surface area (Å²) in [6.45, 7) is 3.87. The molecule has 0 bridgehead atoms. The molecule has 3 aliphatic rings. The molecule has 2 saturated heterocycles. The van der Waals surface area contributed by atoms with E-state index in [1.165, 1.54) is 28.7 Å². The van der Waals surface area contributed by atoms with Crippen LogP contribution in [0.3, 0.4) is 0 Å². The van der Waals surface area contributed by atoms with E-state index in [0.29, 0.717) is 38.0 Å². The molecule has 7 nitrogen and oxygen atoms in total. The first-order chi connectivity index (χ1) is 19.1. The van der Waals surface area contributed by atoms with Crippen molar-refractivity contribution in [3.8, 4) is 0 Å². The van der Waals surface area contributed by atoms with Crippen LogP contribution < -0.4 is 5.32 Å². The number of fused-ring (bicyclic) bond motifs is 1. The van der Waals surface area contributed by atoms with Crippen molar-refractivity contribution in [2.24, 2.45) is 5.92 Å². The summed E-state index contributed by atoms with van der Waals surface area (Å²) in [4.78, 5) is 18.6. The molecular formula is C30H38F3N3O4. The Morgan fingerprint density at radius 3 is 2.88 bits per heavy atom. The van der Waals surface area contributed by atoms with E-state index in [0.717, 1.165) is 30.9 Å². The standard InChI is InChI=1S/C30H38F3N3O4/c1-29(18-39-19-29)40-17-21-7-9-23(31)15-25(21)26(28(37)38)36-14-11-22(16-36)30(32,33)12-3-2-6-24-10-8-20-5-4-13-34-27(20)35-24/h7-10,15,22,26H,2-6,11-14,16-19H2,1H3,(H,34,35)(H,37,38)/t22?,26-/m0/s1. The number of aryl methyl sites for hydroxylation is 2. The molecule has 2 fully saturated rings. The van der Waals surface area contributed by atoms with Crippen LogP contribution in [0.25, 0.3) is 0 Å². The van der Waals surface area contributed by atoms with Gasteiger partial charge in [0.05, 0.1) is 19.8 Å². The Kier molecular flexibility index (Phi) is 8.68. The van der Waals surface area contributed by atoms with Gasteiger partial charge in [-0.1, -0.05) is 12.1 Å². The Morgan fingerprint density at radius 2 is 2.12 bits per heavy atom. The lowest BCUT2D eigenvalue weighted by molar-refractivity contribution is -0.204. The Morgan fingerprint density at radius 1 is 1.30 bits per heavy atom. The second kappa shape index (κ2) is 12.0. The lowest BCUT2D eigenvalue weighted by Gasteiger charge is -2.38. The minimum absolute atomic E-state index is 0.0651. The number of halogens is 3. The number of nitrogens with one attached hydrogen (secondary N) is 1. The van der Waals surface area contributed by atoms with Gasteiger partial charge in [-0.05, 0) is 86.9 Å². The Bertz CT molecular complexity index is 1210. The summed E-state index contributed by atoms with van der Waals surface area (Å²) in [6.07, 6.45) is 3.61. The van der Waals surface area contributed by atoms with Crippen LogP contribution >= 0.6 is 0 Å². The van der Waals surface area contributed by atoms with Crippen LogP contribution in [0.4, 0.5) is 19.0 Å². The van der Waals surface area contributed by atoms with Gasteiger partial charge in [0.1, 0.15) is 23.3 Å². The van der Waals surface area contributed by atoms with Crippen molar-refractivity contribution < 1.29 is 32.5 Å². The summed E-state index contributed by atoms with van der Waals surface area (Å²) in [5.41, 5.74) is 2.40. The van der Waals surface area contributed by atoms with E-state index in [2.05, 4.69) is 16.4 Å². The smallest absolute Gasteiger partial charge is 0.325 e. The van der Waals surface area contributed by atoms with E-state index in [1.54, 1.807) is 0 Å². The number of nitrogens with zero attached hydrogens (tertiary/aromatic N) is 2. The Balaban J connectivity index is 1.18. The topological polar surface area (TPSA) is 83.9 Å². The molecule has 0 radical (unpaired) electrons. The van der Waals surface area contributed by atoms with Crippen molar-refractivity contribution >= 4 is 11.8 Å². The van der Waals surface area contributed by atoms with Crippen molar-refractivity contribution in [2.75, 3.05) is 38.2 Å². The van der Waals surface area contributed by atoms with Gasteiger partial charge in [-0.2, -0.15) is 0 Å². The number of hydrogen-bond donors (Lipinski definition) is 2. The van der Waals surface area contributed by atoms with Gasteiger partial charge in [0.15, 0.2) is 0 Å². The molecule has 40 heavy (non-hydrogen) atoms. The molecule has 2 aromatic rings. The second-order valence-corrected chi connectivity index (χ2v) is 11.6. The molecule has 0 saturated carbocycles. The Hall–Kier alpha value is -2.69. The summed E-state index contributed by atoms with van der Waals surface area (Å²) in [5.74, 6) is -4.74.